The Balaban J connectivity index is 1.91. The second-order valence-corrected chi connectivity index (χ2v) is 5.52. The van der Waals surface area contributed by atoms with Crippen molar-refractivity contribution in [3.8, 4) is 5.75 Å². The molecule has 2 heterocycles. The predicted octanol–water partition coefficient (Wildman–Crippen LogP) is 2.26. The van der Waals surface area contributed by atoms with Gasteiger partial charge in [0.15, 0.2) is 0 Å². The summed E-state index contributed by atoms with van der Waals surface area (Å²) in [6.45, 7) is 1.81. The Bertz CT molecular complexity index is 868. The van der Waals surface area contributed by atoms with Crippen molar-refractivity contribution in [1.29, 1.82) is 0 Å². The number of carbonyl (C=O) groups excluding carboxylic acids is 3. The van der Waals surface area contributed by atoms with Crippen molar-refractivity contribution in [2.45, 2.75) is 13.5 Å². The molecule has 2 aromatic rings. The number of hydrogen-bond donors (Lipinski definition) is 1. The maximum atomic E-state index is 12.6. The second-order valence-electron chi connectivity index (χ2n) is 5.52. The van der Waals surface area contributed by atoms with Crippen LogP contribution in [-0.4, -0.2) is 29.9 Å². The van der Waals surface area contributed by atoms with Gasteiger partial charge in [0.25, 0.3) is 11.8 Å². The molecule has 0 bridgehead atoms. The number of nitrogens with zero attached hydrogens (tertiary/aromatic N) is 1. The number of amides is 4. The van der Waals surface area contributed by atoms with Crippen molar-refractivity contribution in [1.82, 2.24) is 10.2 Å². The molecule has 7 heteroatoms. The highest BCUT2D eigenvalue weighted by molar-refractivity contribution is 6.30. The number of benzene rings is 1. The number of nitrogens with one attached hydrogen (secondary N) is 1. The fraction of sp³-hybridized carbons (Fsp3) is 0.167. The van der Waals surface area contributed by atoms with Gasteiger partial charge in [0, 0.05) is 0 Å². The number of aryl methyl sites for hydroxylation is 1. The van der Waals surface area contributed by atoms with E-state index in [4.69, 9.17) is 9.15 Å². The van der Waals surface area contributed by atoms with E-state index in [0.29, 0.717) is 17.1 Å². The molecular weight excluding hydrogens is 324 g/mol. The lowest BCUT2D eigenvalue weighted by Gasteiger charge is -2.25. The standard InChI is InChI=1S/C18H16N2O5/c1-11-8-12(5-6-15(11)24-2)9-14-16(21)19-18(23)20(17(14)22)10-13-4-3-7-25-13/h3-9H,10H2,1-2H3,(H,19,21,23). The number of imide groups is 2. The molecule has 0 aliphatic carbocycles. The fourth-order valence-electron chi connectivity index (χ4n) is 2.55. The molecule has 7 nitrogen and oxygen atoms in total. The molecule has 1 aliphatic rings. The minimum absolute atomic E-state index is 0.0517. The van der Waals surface area contributed by atoms with E-state index in [1.165, 1.54) is 12.3 Å². The van der Waals surface area contributed by atoms with Gasteiger partial charge in [0.1, 0.15) is 17.1 Å². The Labute approximate surface area is 143 Å². The molecule has 1 aromatic carbocycles. The summed E-state index contributed by atoms with van der Waals surface area (Å²) in [5.74, 6) is -0.244. The zero-order chi connectivity index (χ0) is 18.0. The van der Waals surface area contributed by atoms with Gasteiger partial charge in [-0.25, -0.2) is 4.79 Å². The van der Waals surface area contributed by atoms with Crippen LogP contribution in [0.3, 0.4) is 0 Å². The number of methoxy groups -OCH3 is 1. The molecule has 25 heavy (non-hydrogen) atoms. The summed E-state index contributed by atoms with van der Waals surface area (Å²) in [6, 6.07) is 7.80. The maximum absolute atomic E-state index is 12.6. The molecule has 0 radical (unpaired) electrons. The van der Waals surface area contributed by atoms with Crippen LogP contribution >= 0.6 is 0 Å². The Morgan fingerprint density at radius 2 is 2.04 bits per heavy atom. The average molecular weight is 340 g/mol. The number of urea groups is 1. The number of barbiturate groups is 1. The fourth-order valence-corrected chi connectivity index (χ4v) is 2.55. The topological polar surface area (TPSA) is 88.8 Å². The van der Waals surface area contributed by atoms with Crippen LogP contribution in [0.4, 0.5) is 4.79 Å². The molecule has 1 N–H and O–H groups in total. The van der Waals surface area contributed by atoms with E-state index in [9.17, 15) is 14.4 Å². The van der Waals surface area contributed by atoms with Gasteiger partial charge in [-0.2, -0.15) is 0 Å². The van der Waals surface area contributed by atoms with E-state index < -0.39 is 17.8 Å². The Morgan fingerprint density at radius 3 is 2.68 bits per heavy atom. The van der Waals surface area contributed by atoms with E-state index in [0.717, 1.165) is 10.5 Å². The highest BCUT2D eigenvalue weighted by Gasteiger charge is 2.36. The van der Waals surface area contributed by atoms with Crippen LogP contribution in [0.15, 0.2) is 46.6 Å². The monoisotopic (exact) mass is 340 g/mol. The van der Waals surface area contributed by atoms with E-state index in [1.54, 1.807) is 37.4 Å². The third-order valence-corrected chi connectivity index (χ3v) is 3.81. The molecule has 0 atom stereocenters. The quantitative estimate of drug-likeness (QED) is 0.681. The highest BCUT2D eigenvalue weighted by Crippen LogP contribution is 2.22. The smallest absolute Gasteiger partial charge is 0.331 e. The van der Waals surface area contributed by atoms with Gasteiger partial charge in [-0.3, -0.25) is 19.8 Å². The second kappa shape index (κ2) is 6.64. The lowest BCUT2D eigenvalue weighted by atomic mass is 10.0. The molecule has 0 saturated carbocycles. The first-order chi connectivity index (χ1) is 12.0. The van der Waals surface area contributed by atoms with Crippen molar-refractivity contribution < 1.29 is 23.5 Å². The molecule has 3 rings (SSSR count). The maximum Gasteiger partial charge on any atom is 0.331 e. The van der Waals surface area contributed by atoms with Gasteiger partial charge in [0.05, 0.1) is 19.9 Å². The van der Waals surface area contributed by atoms with Crippen molar-refractivity contribution in [3.05, 3.63) is 59.1 Å². The largest absolute Gasteiger partial charge is 0.496 e. The van der Waals surface area contributed by atoms with Gasteiger partial charge in [-0.1, -0.05) is 6.07 Å². The first-order valence-electron chi connectivity index (χ1n) is 7.55. The number of furan rings is 1. The van der Waals surface area contributed by atoms with E-state index in [2.05, 4.69) is 5.32 Å². The van der Waals surface area contributed by atoms with Crippen LogP contribution in [0.2, 0.25) is 0 Å². The molecule has 1 aliphatic heterocycles. The Kier molecular flexibility index (Phi) is 4.38. The van der Waals surface area contributed by atoms with Crippen molar-refractivity contribution in [2.75, 3.05) is 7.11 Å². The average Bonchev–Trinajstić information content (AvgIpc) is 3.09. The number of rotatable bonds is 4. The summed E-state index contributed by atoms with van der Waals surface area (Å²) in [4.78, 5) is 37.6. The number of ether oxygens (including phenoxy) is 1. The van der Waals surface area contributed by atoms with Crippen molar-refractivity contribution in [2.24, 2.45) is 0 Å². The normalized spacial score (nSPS) is 16.3. The van der Waals surface area contributed by atoms with Gasteiger partial charge in [-0.15, -0.1) is 0 Å². The molecule has 4 amide bonds. The number of carbonyl (C=O) groups is 3. The number of hydrogen-bond acceptors (Lipinski definition) is 5. The summed E-state index contributed by atoms with van der Waals surface area (Å²) in [6.07, 6.45) is 2.90. The highest BCUT2D eigenvalue weighted by atomic mass is 16.5. The predicted molar refractivity (Wildman–Crippen MR) is 88.5 cm³/mol. The van der Waals surface area contributed by atoms with E-state index in [1.807, 2.05) is 6.92 Å². The molecule has 0 unspecified atom stereocenters. The molecule has 1 aromatic heterocycles. The van der Waals surface area contributed by atoms with Crippen LogP contribution in [-0.2, 0) is 16.1 Å². The first-order valence-corrected chi connectivity index (χ1v) is 7.55. The van der Waals surface area contributed by atoms with Gasteiger partial charge < -0.3 is 9.15 Å². The Morgan fingerprint density at radius 1 is 1.24 bits per heavy atom. The summed E-state index contributed by atoms with van der Waals surface area (Å²) in [5, 5.41) is 2.17. The minimum Gasteiger partial charge on any atom is -0.496 e. The van der Waals surface area contributed by atoms with Gasteiger partial charge in [-0.05, 0) is 48.4 Å². The van der Waals surface area contributed by atoms with E-state index in [-0.39, 0.29) is 12.1 Å². The zero-order valence-electron chi connectivity index (χ0n) is 13.7. The van der Waals surface area contributed by atoms with Crippen LogP contribution in [0.1, 0.15) is 16.9 Å². The summed E-state index contributed by atoms with van der Waals surface area (Å²) in [5.41, 5.74) is 1.41. The lowest BCUT2D eigenvalue weighted by Crippen LogP contribution is -2.53. The van der Waals surface area contributed by atoms with Gasteiger partial charge >= 0.3 is 6.03 Å². The van der Waals surface area contributed by atoms with E-state index >= 15 is 0 Å². The van der Waals surface area contributed by atoms with Crippen molar-refractivity contribution in [3.63, 3.8) is 0 Å². The van der Waals surface area contributed by atoms with Crippen molar-refractivity contribution >= 4 is 23.9 Å². The minimum atomic E-state index is -0.769. The van der Waals surface area contributed by atoms with Crippen LogP contribution in [0.25, 0.3) is 6.08 Å². The molecule has 1 saturated heterocycles. The third kappa shape index (κ3) is 3.30. The molecule has 128 valence electrons. The molecule has 0 spiro atoms. The first kappa shape index (κ1) is 16.5. The molecular formula is C18H16N2O5. The van der Waals surface area contributed by atoms with Crippen LogP contribution in [0, 0.1) is 6.92 Å². The van der Waals surface area contributed by atoms with Crippen LogP contribution in [0.5, 0.6) is 5.75 Å². The Hall–Kier alpha value is -3.35. The third-order valence-electron chi connectivity index (χ3n) is 3.81. The summed E-state index contributed by atoms with van der Waals surface area (Å²) >= 11 is 0. The lowest BCUT2D eigenvalue weighted by molar-refractivity contribution is -0.130. The zero-order valence-corrected chi connectivity index (χ0v) is 13.7. The SMILES string of the molecule is COc1ccc(C=C2C(=O)NC(=O)N(Cc3ccco3)C2=O)cc1C. The van der Waals surface area contributed by atoms with Gasteiger partial charge in [0.2, 0.25) is 0 Å². The van der Waals surface area contributed by atoms with Crippen LogP contribution < -0.4 is 10.1 Å². The molecule has 1 fully saturated rings. The summed E-state index contributed by atoms with van der Waals surface area (Å²) in [7, 11) is 1.57. The summed E-state index contributed by atoms with van der Waals surface area (Å²) < 4.78 is 10.4.